The Kier molecular flexibility index (Phi) is 9.11. The fraction of sp³-hybridized carbons (Fsp3) is 0.481. The third-order valence-electron chi connectivity index (χ3n) is 6.72. The van der Waals surface area contributed by atoms with Crippen LogP contribution in [0.3, 0.4) is 0 Å². The fourth-order valence-corrected chi connectivity index (χ4v) is 5.55. The Morgan fingerprint density at radius 2 is 1.75 bits per heavy atom. The van der Waals surface area contributed by atoms with Crippen molar-refractivity contribution >= 4 is 27.5 Å². The fourth-order valence-electron chi connectivity index (χ4n) is 4.64. The number of carbonyl (C=O) groups is 2. The lowest BCUT2D eigenvalue weighted by molar-refractivity contribution is -0.139. The molecular formula is C27H36FN3O4S. The summed E-state index contributed by atoms with van der Waals surface area (Å²) >= 11 is 0. The molecule has 0 aliphatic heterocycles. The van der Waals surface area contributed by atoms with Gasteiger partial charge in [0.25, 0.3) is 0 Å². The molecule has 1 atom stereocenters. The first-order valence-corrected chi connectivity index (χ1v) is 14.2. The van der Waals surface area contributed by atoms with Crippen molar-refractivity contribution in [2.24, 2.45) is 0 Å². The zero-order valence-corrected chi connectivity index (χ0v) is 22.3. The van der Waals surface area contributed by atoms with Crippen LogP contribution in [0.2, 0.25) is 0 Å². The average molecular weight is 518 g/mol. The second-order valence-electron chi connectivity index (χ2n) is 9.69. The van der Waals surface area contributed by atoms with Crippen LogP contribution in [0.15, 0.2) is 42.5 Å². The molecule has 0 spiro atoms. The molecule has 1 saturated carbocycles. The van der Waals surface area contributed by atoms with Crippen LogP contribution < -0.4 is 9.62 Å². The van der Waals surface area contributed by atoms with Crippen LogP contribution in [-0.4, -0.2) is 50.0 Å². The molecule has 0 unspecified atom stereocenters. The van der Waals surface area contributed by atoms with E-state index in [9.17, 15) is 22.4 Å². The summed E-state index contributed by atoms with van der Waals surface area (Å²) < 4.78 is 41.0. The second-order valence-corrected chi connectivity index (χ2v) is 11.6. The summed E-state index contributed by atoms with van der Waals surface area (Å²) in [5.74, 6) is -1.41. The Hall–Kier alpha value is -2.94. The first-order chi connectivity index (χ1) is 17.0. The van der Waals surface area contributed by atoms with E-state index in [2.05, 4.69) is 5.32 Å². The van der Waals surface area contributed by atoms with Gasteiger partial charge >= 0.3 is 0 Å². The number of carbonyl (C=O) groups excluding carboxylic acids is 2. The van der Waals surface area contributed by atoms with Gasteiger partial charge in [-0.2, -0.15) is 0 Å². The first-order valence-electron chi connectivity index (χ1n) is 12.4. The molecule has 2 amide bonds. The average Bonchev–Trinajstić information content (AvgIpc) is 2.82. The van der Waals surface area contributed by atoms with Gasteiger partial charge in [0.05, 0.1) is 11.9 Å². The number of nitrogens with one attached hydrogen (secondary N) is 1. The minimum absolute atomic E-state index is 0.0434. The lowest BCUT2D eigenvalue weighted by atomic mass is 9.95. The van der Waals surface area contributed by atoms with E-state index in [1.165, 1.54) is 11.0 Å². The van der Waals surface area contributed by atoms with Crippen molar-refractivity contribution in [3.63, 3.8) is 0 Å². The molecule has 2 aromatic rings. The monoisotopic (exact) mass is 517 g/mol. The maximum atomic E-state index is 14.5. The second kappa shape index (κ2) is 11.9. The summed E-state index contributed by atoms with van der Waals surface area (Å²) in [6.45, 7) is 4.62. The Labute approximate surface area is 213 Å². The standard InChI is InChI=1S/C27H36FN3O4S/c1-19-14-15-25(20(2)16-19)31(36(4,34)35)18-26(32)30(17-22-10-8-9-13-24(22)28)21(3)27(33)29-23-11-6-5-7-12-23/h8-10,13-16,21,23H,5-7,11-12,17-18H2,1-4H3,(H,29,33)/t21-/m0/s1. The van der Waals surface area contributed by atoms with Crippen LogP contribution in [0.4, 0.5) is 10.1 Å². The number of halogens is 1. The number of hydrogen-bond donors (Lipinski definition) is 1. The van der Waals surface area contributed by atoms with Gasteiger partial charge in [-0.25, -0.2) is 12.8 Å². The minimum atomic E-state index is -3.82. The molecule has 1 aliphatic carbocycles. The Morgan fingerprint density at radius 1 is 1.08 bits per heavy atom. The lowest BCUT2D eigenvalue weighted by Gasteiger charge is -2.33. The summed E-state index contributed by atoms with van der Waals surface area (Å²) in [6, 6.07) is 10.5. The molecule has 9 heteroatoms. The van der Waals surface area contributed by atoms with E-state index in [0.29, 0.717) is 11.3 Å². The summed E-state index contributed by atoms with van der Waals surface area (Å²) in [5, 5.41) is 3.03. The van der Waals surface area contributed by atoms with E-state index in [0.717, 1.165) is 48.2 Å². The molecule has 7 nitrogen and oxygen atoms in total. The highest BCUT2D eigenvalue weighted by atomic mass is 32.2. The molecule has 3 rings (SSSR count). The van der Waals surface area contributed by atoms with Gasteiger partial charge in [-0.05, 0) is 51.3 Å². The van der Waals surface area contributed by atoms with Crippen molar-refractivity contribution in [3.05, 3.63) is 65.0 Å². The third-order valence-corrected chi connectivity index (χ3v) is 7.84. The summed E-state index contributed by atoms with van der Waals surface area (Å²) in [7, 11) is -3.82. The smallest absolute Gasteiger partial charge is 0.244 e. The van der Waals surface area contributed by atoms with Gasteiger partial charge in [0.2, 0.25) is 21.8 Å². The minimum Gasteiger partial charge on any atom is -0.352 e. The molecule has 0 heterocycles. The van der Waals surface area contributed by atoms with E-state index in [1.54, 1.807) is 44.2 Å². The molecule has 196 valence electrons. The SMILES string of the molecule is Cc1ccc(N(CC(=O)N(Cc2ccccc2F)[C@@H](C)C(=O)NC2CCCCC2)S(C)(=O)=O)c(C)c1. The zero-order chi connectivity index (χ0) is 26.5. The molecule has 36 heavy (non-hydrogen) atoms. The first kappa shape index (κ1) is 27.6. The maximum Gasteiger partial charge on any atom is 0.244 e. The van der Waals surface area contributed by atoms with Gasteiger partial charge in [0.15, 0.2) is 0 Å². The number of anilines is 1. The van der Waals surface area contributed by atoms with E-state index in [-0.39, 0.29) is 24.1 Å². The Morgan fingerprint density at radius 3 is 2.36 bits per heavy atom. The van der Waals surface area contributed by atoms with Crippen molar-refractivity contribution < 1.29 is 22.4 Å². The molecule has 0 saturated heterocycles. The van der Waals surface area contributed by atoms with Gasteiger partial charge in [-0.15, -0.1) is 0 Å². The number of nitrogens with zero attached hydrogens (tertiary/aromatic N) is 2. The van der Waals surface area contributed by atoms with Crippen molar-refractivity contribution in [1.29, 1.82) is 0 Å². The van der Waals surface area contributed by atoms with E-state index < -0.39 is 34.3 Å². The molecule has 2 aromatic carbocycles. The number of hydrogen-bond acceptors (Lipinski definition) is 4. The van der Waals surface area contributed by atoms with E-state index >= 15 is 0 Å². The predicted octanol–water partition coefficient (Wildman–Crippen LogP) is 4.07. The normalized spacial score (nSPS) is 15.2. The largest absolute Gasteiger partial charge is 0.352 e. The van der Waals surface area contributed by atoms with Crippen molar-refractivity contribution in [2.45, 2.75) is 71.5 Å². The molecule has 1 N–H and O–H groups in total. The Bertz CT molecular complexity index is 1200. The van der Waals surface area contributed by atoms with Gasteiger partial charge in [-0.1, -0.05) is 55.2 Å². The summed E-state index contributed by atoms with van der Waals surface area (Å²) in [5.41, 5.74) is 2.31. The lowest BCUT2D eigenvalue weighted by Crippen LogP contribution is -2.53. The van der Waals surface area contributed by atoms with Gasteiger partial charge in [-0.3, -0.25) is 13.9 Å². The van der Waals surface area contributed by atoms with Gasteiger partial charge < -0.3 is 10.2 Å². The number of amides is 2. The number of sulfonamides is 1. The predicted molar refractivity (Wildman–Crippen MR) is 140 cm³/mol. The highest BCUT2D eigenvalue weighted by Crippen LogP contribution is 2.25. The third kappa shape index (κ3) is 7.06. The molecular weight excluding hydrogens is 481 g/mol. The Balaban J connectivity index is 1.90. The molecule has 1 fully saturated rings. The van der Waals surface area contributed by atoms with E-state index in [4.69, 9.17) is 0 Å². The van der Waals surface area contributed by atoms with Crippen LogP contribution in [0, 0.1) is 19.7 Å². The highest BCUT2D eigenvalue weighted by molar-refractivity contribution is 7.92. The molecule has 0 aromatic heterocycles. The zero-order valence-electron chi connectivity index (χ0n) is 21.5. The molecule has 1 aliphatic rings. The number of rotatable bonds is 9. The van der Waals surface area contributed by atoms with Crippen molar-refractivity contribution in [3.8, 4) is 0 Å². The van der Waals surface area contributed by atoms with Crippen molar-refractivity contribution in [2.75, 3.05) is 17.1 Å². The van der Waals surface area contributed by atoms with Crippen LogP contribution in [0.5, 0.6) is 0 Å². The van der Waals surface area contributed by atoms with Gasteiger partial charge in [0.1, 0.15) is 18.4 Å². The van der Waals surface area contributed by atoms with Crippen LogP contribution in [-0.2, 0) is 26.2 Å². The maximum absolute atomic E-state index is 14.5. The van der Waals surface area contributed by atoms with Crippen LogP contribution in [0.1, 0.15) is 55.7 Å². The summed E-state index contributed by atoms with van der Waals surface area (Å²) in [6.07, 6.45) is 6.02. The quantitative estimate of drug-likeness (QED) is 0.543. The highest BCUT2D eigenvalue weighted by Gasteiger charge is 2.32. The van der Waals surface area contributed by atoms with E-state index in [1.807, 2.05) is 13.0 Å². The number of aryl methyl sites for hydroxylation is 2. The van der Waals surface area contributed by atoms with Crippen molar-refractivity contribution in [1.82, 2.24) is 10.2 Å². The molecule has 0 bridgehead atoms. The van der Waals surface area contributed by atoms with Crippen LogP contribution >= 0.6 is 0 Å². The van der Waals surface area contributed by atoms with Gasteiger partial charge in [0, 0.05) is 18.2 Å². The molecule has 0 radical (unpaired) electrons. The summed E-state index contributed by atoms with van der Waals surface area (Å²) in [4.78, 5) is 28.0. The van der Waals surface area contributed by atoms with Crippen LogP contribution in [0.25, 0.3) is 0 Å². The number of benzene rings is 2. The topological polar surface area (TPSA) is 86.8 Å².